The van der Waals surface area contributed by atoms with Crippen LogP contribution in [0.15, 0.2) is 221 Å². The minimum Gasteiger partial charge on any atom is -0.456 e. The molecule has 13 aromatic rings. The van der Waals surface area contributed by atoms with Gasteiger partial charge in [0.05, 0.1) is 5.69 Å². The average Bonchev–Trinajstić information content (AvgIpc) is 1.53. The second-order valence-electron chi connectivity index (χ2n) is 32.2. The van der Waals surface area contributed by atoms with Gasteiger partial charge in [-0.25, -0.2) is 0 Å². The fraction of sp³-hybridized carbons (Fsp3) is 0.366. The molecule has 11 aromatic carbocycles. The van der Waals surface area contributed by atoms with E-state index in [4.69, 9.17) is 8.83 Å². The lowest BCUT2D eigenvalue weighted by Crippen LogP contribution is -2.27. The van der Waals surface area contributed by atoms with Crippen molar-refractivity contribution in [3.8, 4) is 55.6 Å². The topological polar surface area (TPSA) is 29.5 Å². The Kier molecular flexibility index (Phi) is 20.2. The maximum Gasteiger partial charge on any atom is 0.143 e. The van der Waals surface area contributed by atoms with Crippen molar-refractivity contribution in [3.63, 3.8) is 0 Å². The highest BCUT2D eigenvalue weighted by molar-refractivity contribution is 6.19. The Morgan fingerprint density at radius 3 is 1.41 bits per heavy atom. The van der Waals surface area contributed by atoms with Gasteiger partial charge in [-0.2, -0.15) is 0 Å². The van der Waals surface area contributed by atoms with E-state index in [-0.39, 0.29) is 16.2 Å². The second kappa shape index (κ2) is 30.3. The second-order valence-corrected chi connectivity index (χ2v) is 32.2. The van der Waals surface area contributed by atoms with Crippen molar-refractivity contribution in [2.75, 3.05) is 4.90 Å². The smallest absolute Gasteiger partial charge is 0.143 e. The number of benzene rings is 11. The van der Waals surface area contributed by atoms with Crippen molar-refractivity contribution in [2.24, 2.45) is 0 Å². The summed E-state index contributed by atoms with van der Waals surface area (Å²) in [7, 11) is 0. The van der Waals surface area contributed by atoms with Gasteiger partial charge >= 0.3 is 0 Å². The summed E-state index contributed by atoms with van der Waals surface area (Å²) in [6.45, 7) is 14.4. The third kappa shape index (κ3) is 12.5. The van der Waals surface area contributed by atoms with Gasteiger partial charge in [-0.3, -0.25) is 0 Å². The van der Waals surface area contributed by atoms with Crippen LogP contribution in [-0.4, -0.2) is 0 Å². The minimum atomic E-state index is -0.362. The lowest BCUT2D eigenvalue weighted by molar-refractivity contribution is 0.394. The van der Waals surface area contributed by atoms with Gasteiger partial charge < -0.3 is 13.7 Å². The normalized spacial score (nSPS) is 14.2. The van der Waals surface area contributed by atoms with Crippen LogP contribution in [0.2, 0.25) is 0 Å². The molecule has 104 heavy (non-hydrogen) atoms. The first-order valence-electron chi connectivity index (χ1n) is 41.1. The molecule has 16 rings (SSSR count). The van der Waals surface area contributed by atoms with Crippen molar-refractivity contribution in [1.29, 1.82) is 0 Å². The molecule has 0 atom stereocenters. The number of hydrogen-bond donors (Lipinski definition) is 0. The van der Waals surface area contributed by atoms with E-state index < -0.39 is 0 Å². The van der Waals surface area contributed by atoms with Gasteiger partial charge in [-0.05, 0) is 187 Å². The SMILES string of the molecule is CCCCCCCCC1(CCCCCCCC)c2cc(N(c3ccc4c(c3)C(C)(C)c3cc(-c5ccc6ccccc6c5)c5oc6ccccc6c5c3-4)c3ccccc3-c3ccccc3)ccc2-c2cc3c(cc21)-c1c(ccc2oc4ccccc4c12)C3(CCCCCCCC)CCCCCCCC. The Morgan fingerprint density at radius 2 is 0.769 bits per heavy atom. The summed E-state index contributed by atoms with van der Waals surface area (Å²) in [6, 6.07) is 82.3. The zero-order valence-electron chi connectivity index (χ0n) is 63.3. The average molecular weight is 1370 g/mol. The molecule has 0 unspecified atom stereocenters. The summed E-state index contributed by atoms with van der Waals surface area (Å²) in [4.78, 5) is 2.66. The largest absolute Gasteiger partial charge is 0.456 e. The molecule has 3 aliphatic carbocycles. The molecule has 2 heterocycles. The Balaban J connectivity index is 0.909. The first kappa shape index (κ1) is 69.4. The van der Waals surface area contributed by atoms with E-state index in [0.29, 0.717) is 0 Å². The molecule has 3 heteroatoms. The molecular weight excluding hydrogens is 1260 g/mol. The fourth-order valence-electron chi connectivity index (χ4n) is 19.8. The van der Waals surface area contributed by atoms with E-state index >= 15 is 0 Å². The number of nitrogens with zero attached hydrogens (tertiary/aromatic N) is 1. The van der Waals surface area contributed by atoms with Crippen molar-refractivity contribution in [1.82, 2.24) is 0 Å². The monoisotopic (exact) mass is 1370 g/mol. The number of para-hydroxylation sites is 3. The van der Waals surface area contributed by atoms with Crippen LogP contribution in [0, 0.1) is 0 Å². The number of fused-ring (bicyclic) bond motifs is 18. The quantitative estimate of drug-likeness (QED) is 0.0384. The summed E-state index contributed by atoms with van der Waals surface area (Å²) >= 11 is 0. The van der Waals surface area contributed by atoms with Gasteiger partial charge in [0.15, 0.2) is 0 Å². The third-order valence-corrected chi connectivity index (χ3v) is 25.2. The Labute approximate surface area is 620 Å². The standard InChI is InChI=1S/C101H109NO2/c1-7-11-15-19-23-38-60-100(61-39-24-20-16-12-8-2)84-58-59-93-96(79-47-33-36-50-91(79)103-93)95(84)83-69-87-82(68-88(83)100)77-56-54-75(66-86(77)101(87,62-40-25-21-17-13-9-3)63-41-26-22-18-14-10-4)102(90-49-35-32-46-76(90)71-43-28-27-29-44-71)74-55-57-78-85(65-74)99(5,6)89-67-81(73-53-52-70-42-30-31-45-72(70)64-73)98-97(94(78)89)80-48-34-37-51-92(80)104-98/h27-37,42-59,64-69H,7-26,38-41,60-63H2,1-6H3. The number of hydrogen-bond acceptors (Lipinski definition) is 3. The lowest BCUT2D eigenvalue weighted by atomic mass is 9.68. The molecule has 0 amide bonds. The van der Waals surface area contributed by atoms with Crippen LogP contribution in [0.1, 0.15) is 255 Å². The van der Waals surface area contributed by atoms with Gasteiger partial charge in [0.1, 0.15) is 22.3 Å². The van der Waals surface area contributed by atoms with E-state index in [9.17, 15) is 0 Å². The van der Waals surface area contributed by atoms with Crippen molar-refractivity contribution >= 4 is 71.7 Å². The van der Waals surface area contributed by atoms with Crippen LogP contribution >= 0.6 is 0 Å². The van der Waals surface area contributed by atoms with E-state index in [2.05, 4.69) is 259 Å². The predicted molar refractivity (Wildman–Crippen MR) is 446 cm³/mol. The summed E-state index contributed by atoms with van der Waals surface area (Å²) in [5.41, 5.74) is 28.9. The Morgan fingerprint density at radius 1 is 0.288 bits per heavy atom. The molecule has 3 nitrogen and oxygen atoms in total. The van der Waals surface area contributed by atoms with Crippen LogP contribution in [0.5, 0.6) is 0 Å². The van der Waals surface area contributed by atoms with Gasteiger partial charge in [-0.1, -0.05) is 335 Å². The van der Waals surface area contributed by atoms with Gasteiger partial charge in [-0.15, -0.1) is 0 Å². The summed E-state index contributed by atoms with van der Waals surface area (Å²) in [5.74, 6) is 0. The lowest BCUT2D eigenvalue weighted by Gasteiger charge is -2.35. The van der Waals surface area contributed by atoms with Gasteiger partial charge in [0, 0.05) is 60.3 Å². The molecule has 0 spiro atoms. The van der Waals surface area contributed by atoms with Crippen LogP contribution < -0.4 is 4.90 Å². The third-order valence-electron chi connectivity index (χ3n) is 25.2. The first-order chi connectivity index (χ1) is 51.2. The van der Waals surface area contributed by atoms with E-state index in [1.807, 2.05) is 0 Å². The van der Waals surface area contributed by atoms with Crippen molar-refractivity contribution < 1.29 is 8.83 Å². The summed E-state index contributed by atoms with van der Waals surface area (Å²) in [5, 5.41) is 7.42. The molecule has 0 radical (unpaired) electrons. The maximum atomic E-state index is 7.09. The molecule has 0 bridgehead atoms. The highest BCUT2D eigenvalue weighted by Crippen LogP contribution is 2.64. The van der Waals surface area contributed by atoms with E-state index in [1.165, 1.54) is 278 Å². The molecule has 0 fully saturated rings. The van der Waals surface area contributed by atoms with E-state index in [1.54, 1.807) is 16.7 Å². The molecule has 0 saturated heterocycles. The number of unbranched alkanes of at least 4 members (excludes halogenated alkanes) is 20. The molecule has 0 aliphatic heterocycles. The Bertz CT molecular complexity index is 5190. The number of rotatable bonds is 33. The summed E-state index contributed by atoms with van der Waals surface area (Å²) in [6.07, 6.45) is 35.4. The molecular formula is C101H109NO2. The number of furan rings is 2. The molecule has 3 aliphatic rings. The van der Waals surface area contributed by atoms with E-state index in [0.717, 1.165) is 46.1 Å². The van der Waals surface area contributed by atoms with Crippen molar-refractivity contribution in [2.45, 2.75) is 238 Å². The zero-order chi connectivity index (χ0) is 70.8. The predicted octanol–water partition coefficient (Wildman–Crippen LogP) is 31.3. The highest BCUT2D eigenvalue weighted by Gasteiger charge is 2.49. The van der Waals surface area contributed by atoms with Crippen molar-refractivity contribution in [3.05, 3.63) is 246 Å². The highest BCUT2D eigenvalue weighted by atomic mass is 16.3. The molecule has 0 saturated carbocycles. The Hall–Kier alpha value is -8.92. The maximum absolute atomic E-state index is 7.09. The molecule has 0 N–H and O–H groups in total. The molecule has 2 aromatic heterocycles. The van der Waals surface area contributed by atoms with Gasteiger partial charge in [0.2, 0.25) is 0 Å². The fourth-order valence-corrected chi connectivity index (χ4v) is 19.8. The minimum absolute atomic E-state index is 0.112. The molecule has 530 valence electrons. The first-order valence-corrected chi connectivity index (χ1v) is 41.1. The van der Waals surface area contributed by atoms with Crippen LogP contribution in [-0.2, 0) is 16.2 Å². The van der Waals surface area contributed by atoms with Crippen LogP contribution in [0.3, 0.4) is 0 Å². The van der Waals surface area contributed by atoms with Crippen LogP contribution in [0.25, 0.3) is 110 Å². The summed E-state index contributed by atoms with van der Waals surface area (Å²) < 4.78 is 14.0. The zero-order valence-corrected chi connectivity index (χ0v) is 63.3. The van der Waals surface area contributed by atoms with Gasteiger partial charge in [0.25, 0.3) is 0 Å². The number of anilines is 3. The van der Waals surface area contributed by atoms with Crippen LogP contribution in [0.4, 0.5) is 17.1 Å².